The van der Waals surface area contributed by atoms with Gasteiger partial charge in [-0.1, -0.05) is 17.7 Å². The smallest absolute Gasteiger partial charge is 0.0420 e. The molecule has 0 N–H and O–H groups in total. The van der Waals surface area contributed by atoms with Crippen molar-refractivity contribution in [2.24, 2.45) is 4.99 Å². The van der Waals surface area contributed by atoms with Gasteiger partial charge in [0.15, 0.2) is 0 Å². The molecule has 68 valence electrons. The summed E-state index contributed by atoms with van der Waals surface area (Å²) in [5, 5.41) is 0. The molecule has 1 aliphatic carbocycles. The Kier molecular flexibility index (Phi) is 2.17. The van der Waals surface area contributed by atoms with Gasteiger partial charge >= 0.3 is 0 Å². The number of aryl methyl sites for hydroxylation is 2. The van der Waals surface area contributed by atoms with Gasteiger partial charge in [-0.05, 0) is 43.4 Å². The fourth-order valence-corrected chi connectivity index (χ4v) is 1.99. The van der Waals surface area contributed by atoms with Crippen molar-refractivity contribution in [2.75, 3.05) is 7.05 Å². The van der Waals surface area contributed by atoms with Gasteiger partial charge in [0.1, 0.15) is 0 Å². The molecule has 0 amide bonds. The molecule has 0 aliphatic heterocycles. The quantitative estimate of drug-likeness (QED) is 0.572. The van der Waals surface area contributed by atoms with Crippen LogP contribution >= 0.6 is 0 Å². The van der Waals surface area contributed by atoms with Gasteiger partial charge in [0, 0.05) is 12.8 Å². The van der Waals surface area contributed by atoms with Crippen molar-refractivity contribution in [1.82, 2.24) is 0 Å². The van der Waals surface area contributed by atoms with Crippen LogP contribution in [0.25, 0.3) is 0 Å². The normalized spacial score (nSPS) is 18.8. The number of hydrogen-bond acceptors (Lipinski definition) is 1. The second-order valence-corrected chi connectivity index (χ2v) is 3.68. The van der Waals surface area contributed by atoms with Crippen molar-refractivity contribution in [3.8, 4) is 0 Å². The predicted molar refractivity (Wildman–Crippen MR) is 56.6 cm³/mol. The summed E-state index contributed by atoms with van der Waals surface area (Å²) in [5.74, 6) is 0. The van der Waals surface area contributed by atoms with E-state index in [-0.39, 0.29) is 0 Å². The molecule has 13 heavy (non-hydrogen) atoms. The van der Waals surface area contributed by atoms with Crippen LogP contribution in [0.15, 0.2) is 23.2 Å². The van der Waals surface area contributed by atoms with Gasteiger partial charge in [0.2, 0.25) is 0 Å². The van der Waals surface area contributed by atoms with Crippen LogP contribution in [0, 0.1) is 6.92 Å². The Balaban J connectivity index is 2.54. The largest absolute Gasteiger partial charge is 0.292 e. The van der Waals surface area contributed by atoms with E-state index in [9.17, 15) is 0 Å². The van der Waals surface area contributed by atoms with Gasteiger partial charge in [-0.25, -0.2) is 0 Å². The first kappa shape index (κ1) is 8.49. The highest BCUT2D eigenvalue weighted by atomic mass is 14.7. The second kappa shape index (κ2) is 3.33. The first-order valence-electron chi connectivity index (χ1n) is 4.87. The summed E-state index contributed by atoms with van der Waals surface area (Å²) in [6.45, 7) is 2.14. The van der Waals surface area contributed by atoms with Crippen LogP contribution in [0.1, 0.15) is 29.5 Å². The monoisotopic (exact) mass is 173 g/mol. The molecule has 1 heteroatoms. The summed E-state index contributed by atoms with van der Waals surface area (Å²) < 4.78 is 0. The van der Waals surface area contributed by atoms with E-state index < -0.39 is 0 Å². The lowest BCUT2D eigenvalue weighted by atomic mass is 9.89. The number of hydrogen-bond donors (Lipinski definition) is 0. The van der Waals surface area contributed by atoms with E-state index in [1.165, 1.54) is 35.2 Å². The minimum absolute atomic E-state index is 1.15. The molecule has 0 heterocycles. The molecule has 0 fully saturated rings. The van der Waals surface area contributed by atoms with Crippen LogP contribution in [-0.4, -0.2) is 12.8 Å². The molecular formula is C12H15N. The molecule has 1 aliphatic rings. The summed E-state index contributed by atoms with van der Waals surface area (Å²) in [5.41, 5.74) is 5.47. The number of fused-ring (bicyclic) bond motifs is 1. The maximum absolute atomic E-state index is 4.35. The minimum Gasteiger partial charge on any atom is -0.292 e. The highest BCUT2D eigenvalue weighted by Gasteiger charge is 2.13. The lowest BCUT2D eigenvalue weighted by Crippen LogP contribution is -2.11. The third kappa shape index (κ3) is 1.51. The van der Waals surface area contributed by atoms with Crippen LogP contribution in [0.2, 0.25) is 0 Å². The molecule has 0 unspecified atom stereocenters. The van der Waals surface area contributed by atoms with E-state index >= 15 is 0 Å². The molecule has 2 rings (SSSR count). The van der Waals surface area contributed by atoms with Crippen molar-refractivity contribution < 1.29 is 0 Å². The fraction of sp³-hybridized carbons (Fsp3) is 0.417. The Bertz CT molecular complexity index is 350. The van der Waals surface area contributed by atoms with Crippen LogP contribution in [-0.2, 0) is 6.42 Å². The van der Waals surface area contributed by atoms with E-state index in [0.717, 1.165) is 6.42 Å². The number of rotatable bonds is 0. The van der Waals surface area contributed by atoms with Gasteiger partial charge in [-0.15, -0.1) is 0 Å². The Hall–Kier alpha value is -1.11. The third-order valence-electron chi connectivity index (χ3n) is 2.71. The van der Waals surface area contributed by atoms with Crippen molar-refractivity contribution >= 4 is 5.71 Å². The van der Waals surface area contributed by atoms with E-state index in [2.05, 4.69) is 30.1 Å². The summed E-state index contributed by atoms with van der Waals surface area (Å²) >= 11 is 0. The molecule has 1 aromatic carbocycles. The summed E-state index contributed by atoms with van der Waals surface area (Å²) in [6.07, 6.45) is 3.62. The van der Waals surface area contributed by atoms with E-state index in [0.29, 0.717) is 0 Å². The van der Waals surface area contributed by atoms with Crippen molar-refractivity contribution in [3.05, 3.63) is 34.9 Å². The Morgan fingerprint density at radius 2 is 2.08 bits per heavy atom. The maximum atomic E-state index is 4.35. The summed E-state index contributed by atoms with van der Waals surface area (Å²) in [4.78, 5) is 4.35. The lowest BCUT2D eigenvalue weighted by molar-refractivity contribution is 0.836. The van der Waals surface area contributed by atoms with Gasteiger partial charge in [-0.3, -0.25) is 4.99 Å². The van der Waals surface area contributed by atoms with Crippen LogP contribution in [0.5, 0.6) is 0 Å². The standard InChI is InChI=1S/C12H15N/c1-9-6-7-10-4-3-5-12(13-2)11(10)8-9/h6-8H,3-5H2,1-2H3. The van der Waals surface area contributed by atoms with Gasteiger partial charge in [0.05, 0.1) is 0 Å². The third-order valence-corrected chi connectivity index (χ3v) is 2.71. The molecule has 0 saturated heterocycles. The van der Waals surface area contributed by atoms with E-state index in [4.69, 9.17) is 0 Å². The van der Waals surface area contributed by atoms with Gasteiger partial charge in [-0.2, -0.15) is 0 Å². The molecule has 0 atom stereocenters. The number of benzene rings is 1. The molecular weight excluding hydrogens is 158 g/mol. The Labute approximate surface area is 79.5 Å². The van der Waals surface area contributed by atoms with Crippen LogP contribution < -0.4 is 0 Å². The average molecular weight is 173 g/mol. The molecule has 0 saturated carbocycles. The zero-order chi connectivity index (χ0) is 9.26. The van der Waals surface area contributed by atoms with Crippen molar-refractivity contribution in [1.29, 1.82) is 0 Å². The molecule has 1 aromatic rings. The summed E-state index contributed by atoms with van der Waals surface area (Å²) in [7, 11) is 1.90. The number of nitrogens with zero attached hydrogens (tertiary/aromatic N) is 1. The highest BCUT2D eigenvalue weighted by molar-refractivity contribution is 6.02. The Morgan fingerprint density at radius 3 is 2.85 bits per heavy atom. The summed E-state index contributed by atoms with van der Waals surface area (Å²) in [6, 6.07) is 6.70. The Morgan fingerprint density at radius 1 is 1.23 bits per heavy atom. The SMILES string of the molecule is CN=C1CCCc2ccc(C)cc21. The predicted octanol–water partition coefficient (Wildman–Crippen LogP) is 2.75. The number of aliphatic imine (C=N–C) groups is 1. The zero-order valence-electron chi connectivity index (χ0n) is 8.30. The van der Waals surface area contributed by atoms with Crippen LogP contribution in [0.4, 0.5) is 0 Å². The minimum atomic E-state index is 1.15. The fourth-order valence-electron chi connectivity index (χ4n) is 1.99. The van der Waals surface area contributed by atoms with Gasteiger partial charge < -0.3 is 0 Å². The first-order chi connectivity index (χ1) is 6.31. The van der Waals surface area contributed by atoms with E-state index in [1.54, 1.807) is 0 Å². The van der Waals surface area contributed by atoms with Crippen molar-refractivity contribution in [3.63, 3.8) is 0 Å². The van der Waals surface area contributed by atoms with Crippen LogP contribution in [0.3, 0.4) is 0 Å². The zero-order valence-corrected chi connectivity index (χ0v) is 8.30. The van der Waals surface area contributed by atoms with Crippen molar-refractivity contribution in [2.45, 2.75) is 26.2 Å². The first-order valence-corrected chi connectivity index (χ1v) is 4.87. The van der Waals surface area contributed by atoms with E-state index in [1.807, 2.05) is 7.05 Å². The molecule has 0 spiro atoms. The molecule has 0 radical (unpaired) electrons. The molecule has 0 bridgehead atoms. The lowest BCUT2D eigenvalue weighted by Gasteiger charge is -2.17. The highest BCUT2D eigenvalue weighted by Crippen LogP contribution is 2.22. The second-order valence-electron chi connectivity index (χ2n) is 3.68. The maximum Gasteiger partial charge on any atom is 0.0420 e. The average Bonchev–Trinajstić information content (AvgIpc) is 2.17. The van der Waals surface area contributed by atoms with Gasteiger partial charge in [0.25, 0.3) is 0 Å². The molecule has 0 aromatic heterocycles. The topological polar surface area (TPSA) is 12.4 Å². The molecule has 1 nitrogen and oxygen atoms in total.